The number of nitrogens with one attached hydrogen (secondary N) is 3. The molecule has 0 saturated heterocycles. The molecule has 3 rings (SSSR count). The van der Waals surface area contributed by atoms with Crippen LogP contribution in [0.3, 0.4) is 0 Å². The number of halogens is 2. The average molecular weight is 489 g/mol. The molecule has 0 aliphatic rings. The first-order valence-corrected chi connectivity index (χ1v) is 9.19. The van der Waals surface area contributed by atoms with Gasteiger partial charge in [-0.3, -0.25) is 4.99 Å². The van der Waals surface area contributed by atoms with Crippen molar-refractivity contribution >= 4 is 63.8 Å². The summed E-state index contributed by atoms with van der Waals surface area (Å²) in [6.07, 6.45) is 2.95. The van der Waals surface area contributed by atoms with Crippen LogP contribution in [0.4, 0.5) is 0 Å². The van der Waals surface area contributed by atoms with Crippen molar-refractivity contribution in [1.82, 2.24) is 15.6 Å². The summed E-state index contributed by atoms with van der Waals surface area (Å²) in [5.41, 5.74) is 2.37. The Morgan fingerprint density at radius 3 is 2.92 bits per heavy atom. The number of aromatic amines is 1. The van der Waals surface area contributed by atoms with Crippen molar-refractivity contribution in [2.24, 2.45) is 4.99 Å². The Kier molecular flexibility index (Phi) is 7.58. The third-order valence-electron chi connectivity index (χ3n) is 3.96. The molecule has 2 aromatic heterocycles. The van der Waals surface area contributed by atoms with E-state index in [4.69, 9.17) is 11.6 Å². The molecule has 0 bridgehead atoms. The number of rotatable bonds is 5. The molecule has 0 spiro atoms. The molecular weight excluding hydrogens is 467 g/mol. The van der Waals surface area contributed by atoms with Crippen LogP contribution >= 0.6 is 46.9 Å². The zero-order valence-corrected chi connectivity index (χ0v) is 18.1. The van der Waals surface area contributed by atoms with Gasteiger partial charge in [-0.05, 0) is 48.6 Å². The molecule has 0 fully saturated rings. The van der Waals surface area contributed by atoms with Crippen LogP contribution < -0.4 is 10.6 Å². The molecule has 1 aromatic carbocycles. The smallest absolute Gasteiger partial charge is 0.191 e. The van der Waals surface area contributed by atoms with Crippen molar-refractivity contribution in [2.45, 2.75) is 19.4 Å². The Hall–Kier alpha value is -1.25. The number of thiophene rings is 1. The lowest BCUT2D eigenvalue weighted by Gasteiger charge is -2.16. The van der Waals surface area contributed by atoms with Gasteiger partial charge in [-0.15, -0.1) is 35.3 Å². The van der Waals surface area contributed by atoms with Gasteiger partial charge in [0.25, 0.3) is 0 Å². The Morgan fingerprint density at radius 1 is 1.36 bits per heavy atom. The highest BCUT2D eigenvalue weighted by Crippen LogP contribution is 2.22. The fourth-order valence-electron chi connectivity index (χ4n) is 2.68. The minimum atomic E-state index is 0. The van der Waals surface area contributed by atoms with E-state index in [1.807, 2.05) is 24.4 Å². The third-order valence-corrected chi connectivity index (χ3v) is 5.25. The number of hydrogen-bond acceptors (Lipinski definition) is 2. The summed E-state index contributed by atoms with van der Waals surface area (Å²) in [5.74, 6) is 0.814. The summed E-state index contributed by atoms with van der Waals surface area (Å²) in [7, 11) is 1.79. The molecule has 0 saturated carbocycles. The second-order valence-electron chi connectivity index (χ2n) is 5.63. The molecule has 0 radical (unpaired) electrons. The lowest BCUT2D eigenvalue weighted by Crippen LogP contribution is -2.39. The van der Waals surface area contributed by atoms with Crippen LogP contribution in [-0.2, 0) is 6.42 Å². The van der Waals surface area contributed by atoms with E-state index in [0.29, 0.717) is 0 Å². The Labute approximate surface area is 174 Å². The lowest BCUT2D eigenvalue weighted by atomic mass is 10.1. The SMILES string of the molecule is CN=C(NCCc1c[nH]c2ccc(Cl)cc12)NC(C)c1cccs1.I. The summed E-state index contributed by atoms with van der Waals surface area (Å²) in [4.78, 5) is 8.89. The molecule has 7 heteroatoms. The van der Waals surface area contributed by atoms with E-state index < -0.39 is 0 Å². The maximum atomic E-state index is 6.10. The lowest BCUT2D eigenvalue weighted by molar-refractivity contribution is 0.695. The Balaban J connectivity index is 0.00000225. The number of fused-ring (bicyclic) bond motifs is 1. The van der Waals surface area contributed by atoms with Crippen LogP contribution in [-0.4, -0.2) is 24.5 Å². The van der Waals surface area contributed by atoms with Gasteiger partial charge in [-0.2, -0.15) is 0 Å². The second kappa shape index (κ2) is 9.45. The molecule has 1 atom stereocenters. The van der Waals surface area contributed by atoms with Crippen LogP contribution in [0.1, 0.15) is 23.4 Å². The van der Waals surface area contributed by atoms with Gasteiger partial charge in [-0.1, -0.05) is 17.7 Å². The summed E-state index contributed by atoms with van der Waals surface area (Å²) in [5, 5.41) is 10.8. The molecule has 0 amide bonds. The van der Waals surface area contributed by atoms with Gasteiger partial charge in [0.2, 0.25) is 0 Å². The van der Waals surface area contributed by atoms with E-state index in [2.05, 4.69) is 45.0 Å². The highest BCUT2D eigenvalue weighted by Gasteiger charge is 2.09. The highest BCUT2D eigenvalue weighted by atomic mass is 127. The standard InChI is InChI=1S/C18H21ClN4S.HI/c1-12(17-4-3-9-24-17)23-18(20-2)21-8-7-13-11-22-16-6-5-14(19)10-15(13)16;/h3-6,9-12,22H,7-8H2,1-2H3,(H2,20,21,23);1H. The predicted molar refractivity (Wildman–Crippen MR) is 120 cm³/mol. The molecule has 0 aliphatic carbocycles. The number of aliphatic imine (C=N–C) groups is 1. The Bertz CT molecular complexity index is 829. The van der Waals surface area contributed by atoms with Gasteiger partial charge < -0.3 is 15.6 Å². The second-order valence-corrected chi connectivity index (χ2v) is 7.05. The largest absolute Gasteiger partial charge is 0.361 e. The van der Waals surface area contributed by atoms with Crippen molar-refractivity contribution in [1.29, 1.82) is 0 Å². The molecule has 1 unspecified atom stereocenters. The maximum Gasteiger partial charge on any atom is 0.191 e. The van der Waals surface area contributed by atoms with Gasteiger partial charge in [0.15, 0.2) is 5.96 Å². The van der Waals surface area contributed by atoms with Crippen molar-refractivity contribution in [2.75, 3.05) is 13.6 Å². The summed E-state index contributed by atoms with van der Waals surface area (Å²) < 4.78 is 0. The normalized spacial score (nSPS) is 12.7. The number of nitrogens with zero attached hydrogens (tertiary/aromatic N) is 1. The number of H-pyrrole nitrogens is 1. The molecule has 25 heavy (non-hydrogen) atoms. The van der Waals surface area contributed by atoms with Crippen LogP contribution in [0, 0.1) is 0 Å². The van der Waals surface area contributed by atoms with Crippen LogP contribution in [0.25, 0.3) is 10.9 Å². The maximum absolute atomic E-state index is 6.10. The van der Waals surface area contributed by atoms with Gasteiger partial charge in [0, 0.05) is 40.6 Å². The molecule has 2 heterocycles. The molecule has 134 valence electrons. The van der Waals surface area contributed by atoms with Gasteiger partial charge in [0.05, 0.1) is 6.04 Å². The summed E-state index contributed by atoms with van der Waals surface area (Å²) >= 11 is 7.85. The molecule has 3 aromatic rings. The minimum Gasteiger partial charge on any atom is -0.361 e. The summed E-state index contributed by atoms with van der Waals surface area (Å²) in [6, 6.07) is 10.4. The van der Waals surface area contributed by atoms with Crippen molar-refractivity contribution in [3.63, 3.8) is 0 Å². The van der Waals surface area contributed by atoms with Gasteiger partial charge in [-0.25, -0.2) is 0 Å². The fraction of sp³-hybridized carbons (Fsp3) is 0.278. The van der Waals surface area contributed by atoms with Crippen LogP contribution in [0.2, 0.25) is 5.02 Å². The van der Waals surface area contributed by atoms with Crippen molar-refractivity contribution < 1.29 is 0 Å². The van der Waals surface area contributed by atoms with E-state index in [1.54, 1.807) is 18.4 Å². The summed E-state index contributed by atoms with van der Waals surface area (Å²) in [6.45, 7) is 2.94. The molecular formula is C18H22ClIN4S. The molecule has 3 N–H and O–H groups in total. The van der Waals surface area contributed by atoms with Gasteiger partial charge in [0.1, 0.15) is 0 Å². The quantitative estimate of drug-likeness (QED) is 0.270. The van der Waals surface area contributed by atoms with E-state index in [-0.39, 0.29) is 30.0 Å². The zero-order chi connectivity index (χ0) is 16.9. The van der Waals surface area contributed by atoms with E-state index >= 15 is 0 Å². The average Bonchev–Trinajstić information content (AvgIpc) is 3.24. The van der Waals surface area contributed by atoms with Crippen molar-refractivity contribution in [3.05, 3.63) is 57.4 Å². The first kappa shape index (κ1) is 20.1. The van der Waals surface area contributed by atoms with Crippen LogP contribution in [0.5, 0.6) is 0 Å². The molecule has 4 nitrogen and oxygen atoms in total. The predicted octanol–water partition coefficient (Wildman–Crippen LogP) is 4.97. The van der Waals surface area contributed by atoms with Gasteiger partial charge >= 0.3 is 0 Å². The number of hydrogen-bond donors (Lipinski definition) is 3. The number of guanidine groups is 1. The first-order valence-electron chi connectivity index (χ1n) is 7.93. The number of benzene rings is 1. The van der Waals surface area contributed by atoms with Crippen molar-refractivity contribution in [3.8, 4) is 0 Å². The van der Waals surface area contributed by atoms with Crippen LogP contribution in [0.15, 0.2) is 46.9 Å². The Morgan fingerprint density at radius 2 is 2.20 bits per heavy atom. The number of aromatic nitrogens is 1. The topological polar surface area (TPSA) is 52.2 Å². The van der Waals surface area contributed by atoms with E-state index in [0.717, 1.165) is 29.5 Å². The minimum absolute atomic E-state index is 0. The zero-order valence-electron chi connectivity index (χ0n) is 14.2. The monoisotopic (exact) mass is 488 g/mol. The molecule has 0 aliphatic heterocycles. The highest BCUT2D eigenvalue weighted by molar-refractivity contribution is 14.0. The van der Waals surface area contributed by atoms with E-state index in [9.17, 15) is 0 Å². The fourth-order valence-corrected chi connectivity index (χ4v) is 3.59. The third kappa shape index (κ3) is 5.12. The first-order chi connectivity index (χ1) is 11.7. The van der Waals surface area contributed by atoms with E-state index in [1.165, 1.54) is 15.8 Å².